The summed E-state index contributed by atoms with van der Waals surface area (Å²) in [6, 6.07) is 3.84. The molecule has 7 nitrogen and oxygen atoms in total. The summed E-state index contributed by atoms with van der Waals surface area (Å²) >= 11 is 5.92. The number of carboxylic acid groups (broad SMARTS) is 1. The normalized spacial score (nSPS) is 16.6. The average molecular weight is 336 g/mol. The van der Waals surface area contributed by atoms with E-state index in [9.17, 15) is 13.2 Å². The third-order valence-electron chi connectivity index (χ3n) is 2.79. The minimum atomic E-state index is -3.78. The standard InChI is InChI=1S/C12H14ClNO6S/c13-10-7-9(3-4-11(10)19-8-12(15)16)21(17,18)14-5-1-2-6-20-14/h3-4,7H,1-2,5-6,8H2,(H,15,16). The zero-order valence-corrected chi connectivity index (χ0v) is 12.6. The number of benzene rings is 1. The van der Waals surface area contributed by atoms with E-state index in [-0.39, 0.29) is 22.2 Å². The third kappa shape index (κ3) is 3.85. The summed E-state index contributed by atoms with van der Waals surface area (Å²) in [5.74, 6) is -1.04. The van der Waals surface area contributed by atoms with Crippen LogP contribution in [0.4, 0.5) is 0 Å². The maximum atomic E-state index is 12.3. The Balaban J connectivity index is 2.20. The lowest BCUT2D eigenvalue weighted by Crippen LogP contribution is -2.35. The van der Waals surface area contributed by atoms with E-state index in [1.807, 2.05) is 0 Å². The van der Waals surface area contributed by atoms with Crippen LogP contribution in [0, 0.1) is 0 Å². The van der Waals surface area contributed by atoms with Gasteiger partial charge in [0.05, 0.1) is 16.5 Å². The van der Waals surface area contributed by atoms with Crippen LogP contribution in [-0.2, 0) is 19.7 Å². The topological polar surface area (TPSA) is 93.1 Å². The van der Waals surface area contributed by atoms with Crippen molar-refractivity contribution in [2.24, 2.45) is 0 Å². The number of hydroxylamine groups is 1. The van der Waals surface area contributed by atoms with Crippen LogP contribution in [0.5, 0.6) is 5.75 Å². The molecular weight excluding hydrogens is 322 g/mol. The van der Waals surface area contributed by atoms with Gasteiger partial charge in [0.25, 0.3) is 10.0 Å². The largest absolute Gasteiger partial charge is 0.480 e. The second-order valence-corrected chi connectivity index (χ2v) is 6.58. The zero-order valence-electron chi connectivity index (χ0n) is 11.0. The smallest absolute Gasteiger partial charge is 0.341 e. The fourth-order valence-electron chi connectivity index (χ4n) is 1.78. The van der Waals surface area contributed by atoms with Gasteiger partial charge in [0.15, 0.2) is 6.61 Å². The fourth-order valence-corrected chi connectivity index (χ4v) is 3.40. The Bertz CT molecular complexity index is 627. The molecule has 0 aromatic heterocycles. The first-order chi connectivity index (χ1) is 9.91. The van der Waals surface area contributed by atoms with Crippen molar-refractivity contribution in [1.82, 2.24) is 4.47 Å². The Kier molecular flexibility index (Phi) is 5.04. The van der Waals surface area contributed by atoms with Crippen molar-refractivity contribution >= 4 is 27.6 Å². The van der Waals surface area contributed by atoms with Gasteiger partial charge in [-0.2, -0.15) is 0 Å². The number of sulfonamides is 1. The van der Waals surface area contributed by atoms with E-state index in [2.05, 4.69) is 0 Å². The van der Waals surface area contributed by atoms with Gasteiger partial charge in [-0.3, -0.25) is 4.84 Å². The maximum Gasteiger partial charge on any atom is 0.341 e. The predicted molar refractivity (Wildman–Crippen MR) is 73.7 cm³/mol. The van der Waals surface area contributed by atoms with Gasteiger partial charge in [0, 0.05) is 6.54 Å². The summed E-state index contributed by atoms with van der Waals surface area (Å²) in [5.41, 5.74) is 0. The first-order valence-electron chi connectivity index (χ1n) is 6.21. The molecule has 1 N–H and O–H groups in total. The molecule has 116 valence electrons. The number of ether oxygens (including phenoxy) is 1. The Morgan fingerprint density at radius 2 is 2.19 bits per heavy atom. The van der Waals surface area contributed by atoms with Crippen molar-refractivity contribution < 1.29 is 27.9 Å². The predicted octanol–water partition coefficient (Wildman–Crippen LogP) is 1.52. The highest BCUT2D eigenvalue weighted by Crippen LogP contribution is 2.29. The average Bonchev–Trinajstić information content (AvgIpc) is 2.46. The Labute approximate surface area is 127 Å². The first kappa shape index (κ1) is 16.0. The zero-order chi connectivity index (χ0) is 15.5. The fraction of sp³-hybridized carbons (Fsp3) is 0.417. The number of carboxylic acids is 1. The van der Waals surface area contributed by atoms with Crippen LogP contribution in [0.25, 0.3) is 0 Å². The molecule has 0 radical (unpaired) electrons. The molecule has 0 saturated carbocycles. The van der Waals surface area contributed by atoms with Crippen molar-refractivity contribution in [2.75, 3.05) is 19.8 Å². The Hall–Kier alpha value is -1.35. The first-order valence-corrected chi connectivity index (χ1v) is 8.03. The number of rotatable bonds is 5. The molecule has 1 aromatic rings. The minimum absolute atomic E-state index is 0.0225. The van der Waals surface area contributed by atoms with Crippen molar-refractivity contribution in [1.29, 1.82) is 0 Å². The van der Waals surface area contributed by atoms with Gasteiger partial charge < -0.3 is 9.84 Å². The highest BCUT2D eigenvalue weighted by atomic mass is 35.5. The van der Waals surface area contributed by atoms with E-state index in [4.69, 9.17) is 26.3 Å². The van der Waals surface area contributed by atoms with Gasteiger partial charge >= 0.3 is 5.97 Å². The van der Waals surface area contributed by atoms with Gasteiger partial charge in [-0.05, 0) is 31.0 Å². The van der Waals surface area contributed by atoms with E-state index in [0.717, 1.165) is 17.3 Å². The van der Waals surface area contributed by atoms with Gasteiger partial charge in [-0.15, -0.1) is 0 Å². The second kappa shape index (κ2) is 6.61. The summed E-state index contributed by atoms with van der Waals surface area (Å²) < 4.78 is 30.5. The molecule has 0 aliphatic carbocycles. The molecule has 21 heavy (non-hydrogen) atoms. The number of nitrogens with zero attached hydrogens (tertiary/aromatic N) is 1. The molecule has 1 saturated heterocycles. The molecule has 1 heterocycles. The summed E-state index contributed by atoms with van der Waals surface area (Å²) in [4.78, 5) is 15.5. The minimum Gasteiger partial charge on any atom is -0.480 e. The molecule has 1 aliphatic rings. The van der Waals surface area contributed by atoms with Crippen molar-refractivity contribution in [3.63, 3.8) is 0 Å². The van der Waals surface area contributed by atoms with Gasteiger partial charge in [-0.1, -0.05) is 16.1 Å². The maximum absolute atomic E-state index is 12.3. The summed E-state index contributed by atoms with van der Waals surface area (Å²) in [6.07, 6.45) is 1.54. The SMILES string of the molecule is O=C(O)COc1ccc(S(=O)(=O)N2CCCCO2)cc1Cl. The van der Waals surface area contributed by atoms with E-state index in [1.54, 1.807) is 0 Å². The molecule has 0 spiro atoms. The monoisotopic (exact) mass is 335 g/mol. The van der Waals surface area contributed by atoms with Crippen molar-refractivity contribution in [3.8, 4) is 5.75 Å². The van der Waals surface area contributed by atoms with Gasteiger partial charge in [0.1, 0.15) is 5.75 Å². The molecule has 0 atom stereocenters. The molecule has 1 aromatic carbocycles. The molecule has 1 fully saturated rings. The van der Waals surface area contributed by atoms with Crippen LogP contribution in [0.2, 0.25) is 5.02 Å². The third-order valence-corrected chi connectivity index (χ3v) is 4.76. The van der Waals surface area contributed by atoms with Crippen LogP contribution in [0.3, 0.4) is 0 Å². The van der Waals surface area contributed by atoms with Crippen LogP contribution in [0.15, 0.2) is 23.1 Å². The number of hydrogen-bond acceptors (Lipinski definition) is 5. The number of hydrogen-bond donors (Lipinski definition) is 1. The Morgan fingerprint density at radius 3 is 2.76 bits per heavy atom. The molecule has 0 amide bonds. The summed E-state index contributed by atoms with van der Waals surface area (Å²) in [6.45, 7) is 0.0883. The van der Waals surface area contributed by atoms with E-state index >= 15 is 0 Å². The van der Waals surface area contributed by atoms with E-state index < -0.39 is 22.6 Å². The van der Waals surface area contributed by atoms with E-state index in [1.165, 1.54) is 18.2 Å². The molecule has 9 heteroatoms. The highest BCUT2D eigenvalue weighted by molar-refractivity contribution is 7.89. The molecule has 0 bridgehead atoms. The quantitative estimate of drug-likeness (QED) is 0.877. The second-order valence-electron chi connectivity index (χ2n) is 4.35. The van der Waals surface area contributed by atoms with E-state index in [0.29, 0.717) is 6.61 Å². The lowest BCUT2D eigenvalue weighted by atomic mass is 10.3. The lowest BCUT2D eigenvalue weighted by Gasteiger charge is -2.25. The Morgan fingerprint density at radius 1 is 1.43 bits per heavy atom. The number of aliphatic carboxylic acids is 1. The number of halogens is 1. The van der Waals surface area contributed by atoms with Crippen LogP contribution >= 0.6 is 11.6 Å². The van der Waals surface area contributed by atoms with Crippen molar-refractivity contribution in [2.45, 2.75) is 17.7 Å². The molecule has 2 rings (SSSR count). The van der Waals surface area contributed by atoms with Crippen LogP contribution in [-0.4, -0.2) is 43.7 Å². The lowest BCUT2D eigenvalue weighted by molar-refractivity contribution is -0.139. The highest BCUT2D eigenvalue weighted by Gasteiger charge is 2.28. The van der Waals surface area contributed by atoms with Gasteiger partial charge in [-0.25, -0.2) is 13.2 Å². The molecule has 0 unspecified atom stereocenters. The summed E-state index contributed by atoms with van der Waals surface area (Å²) in [5, 5.41) is 8.56. The number of carbonyl (C=O) groups is 1. The van der Waals surface area contributed by atoms with Crippen LogP contribution in [0.1, 0.15) is 12.8 Å². The molecular formula is C12H14ClNO6S. The van der Waals surface area contributed by atoms with Crippen LogP contribution < -0.4 is 4.74 Å². The summed E-state index contributed by atoms with van der Waals surface area (Å²) in [7, 11) is -3.78. The van der Waals surface area contributed by atoms with Crippen molar-refractivity contribution in [3.05, 3.63) is 23.2 Å². The van der Waals surface area contributed by atoms with Gasteiger partial charge in [0.2, 0.25) is 0 Å². The molecule has 1 aliphatic heterocycles.